The van der Waals surface area contributed by atoms with Crippen molar-refractivity contribution >= 4 is 88.9 Å². The lowest BCUT2D eigenvalue weighted by Crippen LogP contribution is -2.61. The van der Waals surface area contributed by atoms with Gasteiger partial charge in [-0.05, 0) is 125 Å². The number of aryl methyl sites for hydroxylation is 3. The maximum Gasteiger partial charge on any atom is 0.334 e. The van der Waals surface area contributed by atoms with Gasteiger partial charge in [0.2, 0.25) is 0 Å². The third-order valence-corrected chi connectivity index (χ3v) is 13.6. The fourth-order valence-electron chi connectivity index (χ4n) is 9.68. The Morgan fingerprint density at radius 3 is 2.09 bits per heavy atom. The molecule has 11 rings (SSSR count). The second-order valence-electron chi connectivity index (χ2n) is 16.2. The molecule has 9 aromatic rings. The summed E-state index contributed by atoms with van der Waals surface area (Å²) < 4.78 is 7.94. The van der Waals surface area contributed by atoms with E-state index in [-0.39, 0.29) is 6.85 Å². The van der Waals surface area contributed by atoms with Gasteiger partial charge in [-0.15, -0.1) is 11.3 Å². The molecule has 0 saturated carbocycles. The molecule has 5 heteroatoms. The number of hydrogen-bond acceptors (Lipinski definition) is 4. The van der Waals surface area contributed by atoms with E-state index in [0.29, 0.717) is 0 Å². The molecule has 0 saturated heterocycles. The van der Waals surface area contributed by atoms with Crippen LogP contribution in [-0.4, -0.2) is 6.85 Å². The highest BCUT2D eigenvalue weighted by Gasteiger charge is 2.47. The number of furan rings is 1. The van der Waals surface area contributed by atoms with Crippen LogP contribution in [0.4, 0.5) is 27.8 Å². The third-order valence-electron chi connectivity index (χ3n) is 12.4. The molecule has 0 fully saturated rings. The zero-order valence-corrected chi connectivity index (χ0v) is 34.2. The van der Waals surface area contributed by atoms with Crippen LogP contribution in [0.5, 0.6) is 0 Å². The second kappa shape index (κ2) is 14.1. The van der Waals surface area contributed by atoms with E-state index in [4.69, 9.17) is 4.42 Å². The van der Waals surface area contributed by atoms with Gasteiger partial charge in [0.25, 0.3) is 0 Å². The van der Waals surface area contributed by atoms with Crippen LogP contribution in [-0.2, 0) is 12.8 Å². The first-order chi connectivity index (χ1) is 28.6. The molecule has 0 bridgehead atoms. The van der Waals surface area contributed by atoms with Crippen molar-refractivity contribution in [1.82, 2.24) is 0 Å². The van der Waals surface area contributed by atoms with Gasteiger partial charge in [0.15, 0.2) is 0 Å². The van der Waals surface area contributed by atoms with Crippen molar-refractivity contribution in [3.05, 3.63) is 162 Å². The number of fused-ring (bicyclic) bond motifs is 9. The average molecular weight is 769 g/mol. The Labute approximate surface area is 345 Å². The summed E-state index contributed by atoms with van der Waals surface area (Å²) >= 11 is 1.92. The quantitative estimate of drug-likeness (QED) is 0.136. The zero-order valence-electron chi connectivity index (χ0n) is 33.4. The molecular formula is C53H45BN2OS. The molecule has 0 atom stereocenters. The number of benzene rings is 7. The average Bonchev–Trinajstić information content (AvgIpc) is 3.83. The lowest BCUT2D eigenvalue weighted by molar-refractivity contribution is 0.669. The highest BCUT2D eigenvalue weighted by molar-refractivity contribution is 7.26. The first-order valence-corrected chi connectivity index (χ1v) is 21.9. The van der Waals surface area contributed by atoms with Gasteiger partial charge in [-0.3, -0.25) is 0 Å². The van der Waals surface area contributed by atoms with Gasteiger partial charge in [-0.1, -0.05) is 118 Å². The lowest BCUT2D eigenvalue weighted by atomic mass is 9.43. The Bertz CT molecular complexity index is 3020. The van der Waals surface area contributed by atoms with Gasteiger partial charge in [-0.2, -0.15) is 0 Å². The molecule has 0 unspecified atom stereocenters. The summed E-state index contributed by atoms with van der Waals surface area (Å²) in [5.41, 5.74) is 18.5. The van der Waals surface area contributed by atoms with E-state index in [1.807, 2.05) is 11.3 Å². The smallest absolute Gasteiger partial charge is 0.334 e. The van der Waals surface area contributed by atoms with Crippen LogP contribution in [0.3, 0.4) is 0 Å². The molecule has 3 nitrogen and oxygen atoms in total. The zero-order chi connectivity index (χ0) is 38.9. The van der Waals surface area contributed by atoms with Crippen LogP contribution >= 0.6 is 11.3 Å². The monoisotopic (exact) mass is 768 g/mol. The Morgan fingerprint density at radius 2 is 1.28 bits per heavy atom. The van der Waals surface area contributed by atoms with Crippen molar-refractivity contribution in [3.8, 4) is 22.3 Å². The van der Waals surface area contributed by atoms with Crippen molar-refractivity contribution in [1.29, 1.82) is 0 Å². The molecule has 0 aliphatic carbocycles. The minimum Gasteiger partial charge on any atom is -0.456 e. The molecule has 7 aromatic carbocycles. The summed E-state index contributed by atoms with van der Waals surface area (Å²) in [5.74, 6) is 0. The third kappa shape index (κ3) is 5.55. The minimum absolute atomic E-state index is 0.0622. The molecule has 0 spiro atoms. The van der Waals surface area contributed by atoms with E-state index in [2.05, 4.69) is 176 Å². The second-order valence-corrected chi connectivity index (χ2v) is 17.3. The fourth-order valence-corrected chi connectivity index (χ4v) is 10.9. The number of thiophene rings is 1. The van der Waals surface area contributed by atoms with E-state index < -0.39 is 0 Å². The molecule has 282 valence electrons. The Hall–Kier alpha value is -6.04. The Kier molecular flexibility index (Phi) is 8.55. The molecule has 0 radical (unpaired) electrons. The molecule has 0 amide bonds. The van der Waals surface area contributed by atoms with E-state index in [1.54, 1.807) is 0 Å². The van der Waals surface area contributed by atoms with Crippen molar-refractivity contribution in [2.24, 2.45) is 0 Å². The summed E-state index contributed by atoms with van der Waals surface area (Å²) in [6, 6.07) is 54.8. The van der Waals surface area contributed by atoms with Gasteiger partial charge < -0.3 is 14.1 Å². The van der Waals surface area contributed by atoms with Gasteiger partial charge in [-0.25, -0.2) is 0 Å². The fraction of sp³-hybridized carbons (Fsp3) is 0.170. The molecule has 4 heterocycles. The van der Waals surface area contributed by atoms with Crippen molar-refractivity contribution < 1.29 is 4.42 Å². The van der Waals surface area contributed by atoms with Gasteiger partial charge in [0.1, 0.15) is 11.2 Å². The van der Waals surface area contributed by atoms with Gasteiger partial charge in [0, 0.05) is 49.7 Å². The molecule has 2 aliphatic heterocycles. The summed E-state index contributed by atoms with van der Waals surface area (Å²) in [5, 5.41) is 4.90. The van der Waals surface area contributed by atoms with E-state index in [9.17, 15) is 0 Å². The van der Waals surface area contributed by atoms with Gasteiger partial charge in [0.05, 0.1) is 10.7 Å². The van der Waals surface area contributed by atoms with Crippen LogP contribution in [0, 0.1) is 6.92 Å². The topological polar surface area (TPSA) is 19.6 Å². The lowest BCUT2D eigenvalue weighted by Gasteiger charge is -2.45. The number of nitrogens with zero attached hydrogens (tertiary/aromatic N) is 2. The van der Waals surface area contributed by atoms with Crippen LogP contribution in [0.2, 0.25) is 0 Å². The molecule has 2 aliphatic rings. The number of hydrogen-bond donors (Lipinski definition) is 0. The molecule has 58 heavy (non-hydrogen) atoms. The number of rotatable bonds is 9. The van der Waals surface area contributed by atoms with Gasteiger partial charge >= 0.3 is 6.85 Å². The summed E-state index contributed by atoms with van der Waals surface area (Å²) in [6.45, 7) is 6.76. The highest BCUT2D eigenvalue weighted by Crippen LogP contribution is 2.52. The van der Waals surface area contributed by atoms with E-state index >= 15 is 0 Å². The number of anilines is 5. The number of para-hydroxylation sites is 1. The summed E-state index contributed by atoms with van der Waals surface area (Å²) in [4.78, 5) is 5.26. The SMILES string of the molecule is CCCCc1ccc(N2B3c4c(cc(C)cc4N(c4ccc(CCCC)cc4-c4ccccc4)c4sc5ccccc5c43)-c3cc4c(cc32)oc2ccccc24)cc1. The first kappa shape index (κ1) is 35.2. The normalized spacial score (nSPS) is 13.1. The van der Waals surface area contributed by atoms with E-state index in [1.165, 1.54) is 113 Å². The van der Waals surface area contributed by atoms with Crippen molar-refractivity contribution in [3.63, 3.8) is 0 Å². The van der Waals surface area contributed by atoms with Crippen LogP contribution in [0.15, 0.2) is 150 Å². The van der Waals surface area contributed by atoms with Crippen molar-refractivity contribution in [2.75, 3.05) is 9.71 Å². The predicted molar refractivity (Wildman–Crippen MR) is 250 cm³/mol. The van der Waals surface area contributed by atoms with Crippen LogP contribution in [0.1, 0.15) is 56.2 Å². The molecular weight excluding hydrogens is 723 g/mol. The highest BCUT2D eigenvalue weighted by atomic mass is 32.1. The molecule has 0 N–H and O–H groups in total. The largest absolute Gasteiger partial charge is 0.456 e. The summed E-state index contributed by atoms with van der Waals surface area (Å²) in [6.07, 6.45) is 6.91. The maximum atomic E-state index is 6.64. The van der Waals surface area contributed by atoms with Crippen molar-refractivity contribution in [2.45, 2.75) is 59.3 Å². The van der Waals surface area contributed by atoms with Crippen LogP contribution < -0.4 is 20.6 Å². The summed E-state index contributed by atoms with van der Waals surface area (Å²) in [7, 11) is 0. The first-order valence-electron chi connectivity index (χ1n) is 21.1. The Morgan fingerprint density at radius 1 is 0.552 bits per heavy atom. The van der Waals surface area contributed by atoms with Crippen LogP contribution in [0.25, 0.3) is 54.3 Å². The maximum absolute atomic E-state index is 6.64. The standard InChI is InChI=1S/C53H45BN2OS/c1-4-6-15-35-23-26-38(27-24-35)56-46-33-49-43(39-19-11-13-21-48(39)57-49)32-42(46)44-29-34(3)30-47-51(44)54(56)52-40-20-12-14-22-50(40)58-53(52)55(47)45-28-25-36(16-7-5-2)31-41(45)37-17-9-8-10-18-37/h8-14,17-33H,4-7,15-16H2,1-3H3. The van der Waals surface area contributed by atoms with E-state index in [0.717, 1.165) is 34.8 Å². The number of unbranched alkanes of at least 4 members (excludes halogenated alkanes) is 2. The predicted octanol–water partition coefficient (Wildman–Crippen LogP) is 14.2. The Balaban J connectivity index is 1.24. The molecule has 2 aromatic heterocycles. The minimum atomic E-state index is -0.0622.